The number of halogens is 1. The maximum Gasteiger partial charge on any atom is 0.268 e. The van der Waals surface area contributed by atoms with Crippen molar-refractivity contribution in [3.8, 4) is 5.75 Å². The Hall–Kier alpha value is -3.36. The molecule has 9 heteroatoms. The van der Waals surface area contributed by atoms with Gasteiger partial charge in [0.05, 0.1) is 24.1 Å². The molecule has 4 aromatic rings. The zero-order chi connectivity index (χ0) is 22.1. The van der Waals surface area contributed by atoms with Gasteiger partial charge in [-0.25, -0.2) is 4.68 Å². The zero-order valence-corrected chi connectivity index (χ0v) is 18.7. The Balaban J connectivity index is 1.49. The predicted molar refractivity (Wildman–Crippen MR) is 126 cm³/mol. The molecule has 0 aliphatic carbocycles. The van der Waals surface area contributed by atoms with Crippen molar-refractivity contribution in [1.82, 2.24) is 14.8 Å². The molecule has 1 aliphatic rings. The number of hydrogen-bond acceptors (Lipinski definition) is 6. The van der Waals surface area contributed by atoms with Crippen molar-refractivity contribution in [2.24, 2.45) is 0 Å². The molecular weight excluding hydrogens is 446 g/mol. The molecule has 2 aromatic heterocycles. The van der Waals surface area contributed by atoms with E-state index < -0.39 is 0 Å². The first-order chi connectivity index (χ1) is 15.6. The van der Waals surface area contributed by atoms with Gasteiger partial charge in [-0.1, -0.05) is 41.9 Å². The molecule has 0 radical (unpaired) electrons. The monoisotopic (exact) mass is 465 g/mol. The van der Waals surface area contributed by atoms with E-state index in [-0.39, 0.29) is 23.9 Å². The number of nitrogens with zero attached hydrogens (tertiary/aromatic N) is 3. The quantitative estimate of drug-likeness (QED) is 0.412. The molecule has 2 aromatic carbocycles. The minimum atomic E-state index is -0.224. The second-order valence-electron chi connectivity index (χ2n) is 7.41. The number of fused-ring (bicyclic) bond motifs is 1. The van der Waals surface area contributed by atoms with E-state index in [4.69, 9.17) is 16.3 Å². The highest BCUT2D eigenvalue weighted by Gasteiger charge is 2.31. The molecule has 1 aliphatic heterocycles. The van der Waals surface area contributed by atoms with Crippen LogP contribution in [0.25, 0.3) is 0 Å². The van der Waals surface area contributed by atoms with E-state index in [9.17, 15) is 4.79 Å². The van der Waals surface area contributed by atoms with Crippen LogP contribution >= 0.6 is 22.9 Å². The Kier molecular flexibility index (Phi) is 5.55. The Bertz CT molecular complexity index is 1220. The summed E-state index contributed by atoms with van der Waals surface area (Å²) in [4.78, 5) is 17.7. The number of nitrogens with one attached hydrogen (secondary N) is 2. The molecule has 7 nitrogen and oxygen atoms in total. The lowest BCUT2D eigenvalue weighted by Gasteiger charge is -2.31. The van der Waals surface area contributed by atoms with Gasteiger partial charge >= 0.3 is 0 Å². The van der Waals surface area contributed by atoms with Crippen LogP contribution < -0.4 is 15.4 Å². The van der Waals surface area contributed by atoms with Gasteiger partial charge in [0.2, 0.25) is 5.95 Å². The first-order valence-corrected chi connectivity index (χ1v) is 11.3. The van der Waals surface area contributed by atoms with Gasteiger partial charge in [0, 0.05) is 5.02 Å². The Morgan fingerprint density at radius 2 is 1.91 bits per heavy atom. The summed E-state index contributed by atoms with van der Waals surface area (Å²) in [5.74, 6) is 1.43. The lowest BCUT2D eigenvalue weighted by molar-refractivity contribution is 0.102. The number of aromatic nitrogens is 3. The minimum absolute atomic E-state index is 0.0110. The van der Waals surface area contributed by atoms with Gasteiger partial charge in [-0.2, -0.15) is 4.98 Å². The summed E-state index contributed by atoms with van der Waals surface area (Å²) in [5.41, 5.74) is 2.18. The molecule has 0 fully saturated rings. The molecule has 1 amide bonds. The van der Waals surface area contributed by atoms with Crippen LogP contribution in [-0.4, -0.2) is 27.8 Å². The third-order valence-electron chi connectivity index (χ3n) is 5.43. The highest BCUT2D eigenvalue weighted by Crippen LogP contribution is 2.38. The first kappa shape index (κ1) is 20.5. The second-order valence-corrected chi connectivity index (χ2v) is 8.79. The van der Waals surface area contributed by atoms with Crippen molar-refractivity contribution < 1.29 is 9.53 Å². The highest BCUT2D eigenvalue weighted by molar-refractivity contribution is 7.12. The number of amides is 1. The highest BCUT2D eigenvalue weighted by atomic mass is 35.5. The summed E-state index contributed by atoms with van der Waals surface area (Å²) in [6, 6.07) is 19.3. The molecule has 2 N–H and O–H groups in total. The van der Waals surface area contributed by atoms with Crippen LogP contribution in [0.4, 0.5) is 11.9 Å². The van der Waals surface area contributed by atoms with E-state index in [1.807, 2.05) is 64.7 Å². The second kappa shape index (κ2) is 8.64. The number of carbonyl (C=O) groups is 1. The SMILES string of the molecule is COc1ccc(C2CC(c3ccc(Cl)cc3)Nc3nc(NC(=O)c4cccs4)nn32)cc1. The summed E-state index contributed by atoms with van der Waals surface area (Å²) < 4.78 is 7.14. The standard InChI is InChI=1S/C23H20ClN5O2S/c1-31-17-10-6-15(7-11-17)19-13-18(14-4-8-16(24)9-5-14)25-23-27-22(28-29(19)23)26-21(30)20-3-2-12-32-20/h2-12,18-19H,13H2,1H3,(H2,25,26,27,28,30). The van der Waals surface area contributed by atoms with E-state index >= 15 is 0 Å². The fourth-order valence-electron chi connectivity index (χ4n) is 3.82. The van der Waals surface area contributed by atoms with Gasteiger partial charge in [-0.15, -0.1) is 16.4 Å². The average molecular weight is 466 g/mol. The van der Waals surface area contributed by atoms with Gasteiger partial charge in [0.25, 0.3) is 11.9 Å². The van der Waals surface area contributed by atoms with Gasteiger partial charge in [-0.3, -0.25) is 10.1 Å². The van der Waals surface area contributed by atoms with Crippen LogP contribution in [0, 0.1) is 0 Å². The van der Waals surface area contributed by atoms with Gasteiger partial charge in [-0.05, 0) is 53.3 Å². The maximum atomic E-state index is 12.5. The molecule has 3 heterocycles. The van der Waals surface area contributed by atoms with Crippen molar-refractivity contribution >= 4 is 40.7 Å². The molecule has 0 saturated carbocycles. The molecule has 0 saturated heterocycles. The number of hydrogen-bond donors (Lipinski definition) is 2. The smallest absolute Gasteiger partial charge is 0.268 e. The fourth-order valence-corrected chi connectivity index (χ4v) is 4.56. The molecule has 5 rings (SSSR count). The Morgan fingerprint density at radius 1 is 1.16 bits per heavy atom. The normalized spacial score (nSPS) is 17.3. The third-order valence-corrected chi connectivity index (χ3v) is 6.55. The van der Waals surface area contributed by atoms with Gasteiger partial charge < -0.3 is 10.1 Å². The van der Waals surface area contributed by atoms with Crippen LogP contribution in [0.15, 0.2) is 66.0 Å². The zero-order valence-electron chi connectivity index (χ0n) is 17.2. The molecule has 2 atom stereocenters. The van der Waals surface area contributed by atoms with E-state index in [0.717, 1.165) is 23.3 Å². The topological polar surface area (TPSA) is 81.1 Å². The van der Waals surface area contributed by atoms with Gasteiger partial charge in [0.1, 0.15) is 5.75 Å². The fraction of sp³-hybridized carbons (Fsp3) is 0.174. The molecular formula is C23H20ClN5O2S. The van der Waals surface area contributed by atoms with Crippen molar-refractivity contribution in [2.75, 3.05) is 17.7 Å². The summed E-state index contributed by atoms with van der Waals surface area (Å²) in [6.07, 6.45) is 0.753. The Labute approximate surface area is 194 Å². The summed E-state index contributed by atoms with van der Waals surface area (Å²) in [7, 11) is 1.65. The number of ether oxygens (including phenoxy) is 1. The minimum Gasteiger partial charge on any atom is -0.497 e. The van der Waals surface area contributed by atoms with Crippen LogP contribution in [-0.2, 0) is 0 Å². The largest absolute Gasteiger partial charge is 0.497 e. The lowest BCUT2D eigenvalue weighted by Crippen LogP contribution is -2.28. The maximum absolute atomic E-state index is 12.5. The van der Waals surface area contributed by atoms with Crippen molar-refractivity contribution in [3.05, 3.63) is 87.1 Å². The number of carbonyl (C=O) groups excluding carboxylic acids is 1. The Morgan fingerprint density at radius 3 is 2.59 bits per heavy atom. The van der Waals surface area contributed by atoms with Crippen LogP contribution in [0.1, 0.15) is 39.3 Å². The average Bonchev–Trinajstić information content (AvgIpc) is 3.49. The first-order valence-electron chi connectivity index (χ1n) is 10.1. The molecule has 162 valence electrons. The number of anilines is 2. The molecule has 0 bridgehead atoms. The van der Waals surface area contributed by atoms with E-state index in [2.05, 4.69) is 20.7 Å². The number of rotatable bonds is 5. The summed E-state index contributed by atoms with van der Waals surface area (Å²) in [6.45, 7) is 0. The number of methoxy groups -OCH3 is 1. The number of thiophene rings is 1. The van der Waals surface area contributed by atoms with E-state index in [0.29, 0.717) is 15.8 Å². The van der Waals surface area contributed by atoms with Crippen molar-refractivity contribution in [2.45, 2.75) is 18.5 Å². The van der Waals surface area contributed by atoms with Crippen molar-refractivity contribution in [1.29, 1.82) is 0 Å². The third kappa shape index (κ3) is 4.06. The predicted octanol–water partition coefficient (Wildman–Crippen LogP) is 5.40. The summed E-state index contributed by atoms with van der Waals surface area (Å²) >= 11 is 7.45. The van der Waals surface area contributed by atoms with Crippen molar-refractivity contribution in [3.63, 3.8) is 0 Å². The summed E-state index contributed by atoms with van der Waals surface area (Å²) in [5, 5.41) is 13.4. The van der Waals surface area contributed by atoms with Crippen LogP contribution in [0.5, 0.6) is 5.75 Å². The van der Waals surface area contributed by atoms with Crippen LogP contribution in [0.2, 0.25) is 5.02 Å². The molecule has 0 spiro atoms. The molecule has 32 heavy (non-hydrogen) atoms. The van der Waals surface area contributed by atoms with Gasteiger partial charge in [0.15, 0.2) is 0 Å². The molecule has 2 unspecified atom stereocenters. The number of benzene rings is 2. The van der Waals surface area contributed by atoms with E-state index in [1.165, 1.54) is 11.3 Å². The van der Waals surface area contributed by atoms with Crippen LogP contribution in [0.3, 0.4) is 0 Å². The lowest BCUT2D eigenvalue weighted by atomic mass is 9.93. The van der Waals surface area contributed by atoms with E-state index in [1.54, 1.807) is 13.2 Å².